The summed E-state index contributed by atoms with van der Waals surface area (Å²) in [4.78, 5) is 12.1. The first-order chi connectivity index (χ1) is 10.5. The largest absolute Gasteiger partial charge is 0.481 e. The molecule has 0 unspecified atom stereocenters. The monoisotopic (exact) mass is 307 g/mol. The summed E-state index contributed by atoms with van der Waals surface area (Å²) < 4.78 is 11.1. The molecule has 124 valence electrons. The molecule has 0 aliphatic rings. The third-order valence-corrected chi connectivity index (χ3v) is 3.43. The fourth-order valence-corrected chi connectivity index (χ4v) is 2.14. The van der Waals surface area contributed by atoms with E-state index >= 15 is 0 Å². The summed E-state index contributed by atoms with van der Waals surface area (Å²) in [6.07, 6.45) is 0.306. The molecule has 1 aromatic carbocycles. The summed E-state index contributed by atoms with van der Waals surface area (Å²) in [5.74, 6) is 1.07. The van der Waals surface area contributed by atoms with Crippen LogP contribution in [0.4, 0.5) is 0 Å². The average Bonchev–Trinajstić information content (AvgIpc) is 2.46. The Kier molecular flexibility index (Phi) is 7.96. The zero-order valence-corrected chi connectivity index (χ0v) is 14.4. The molecule has 0 radical (unpaired) electrons. The van der Waals surface area contributed by atoms with Gasteiger partial charge in [-0.2, -0.15) is 0 Å². The molecule has 0 spiro atoms. The number of hydrogen-bond donors (Lipinski definition) is 1. The van der Waals surface area contributed by atoms with Crippen molar-refractivity contribution in [3.8, 4) is 5.75 Å². The first kappa shape index (κ1) is 18.5. The van der Waals surface area contributed by atoms with Gasteiger partial charge in [-0.15, -0.1) is 0 Å². The normalized spacial score (nSPS) is 12.3. The van der Waals surface area contributed by atoms with E-state index in [0.29, 0.717) is 25.7 Å². The van der Waals surface area contributed by atoms with E-state index < -0.39 is 6.10 Å². The Hall–Kier alpha value is -1.55. The number of aryl methyl sites for hydroxylation is 1. The van der Waals surface area contributed by atoms with Crippen molar-refractivity contribution in [1.29, 1.82) is 0 Å². The van der Waals surface area contributed by atoms with E-state index in [1.54, 1.807) is 6.92 Å². The van der Waals surface area contributed by atoms with Gasteiger partial charge in [0.05, 0.1) is 0 Å². The molecule has 4 heteroatoms. The summed E-state index contributed by atoms with van der Waals surface area (Å²) in [6, 6.07) is 6.14. The second-order valence-corrected chi connectivity index (χ2v) is 5.80. The minimum Gasteiger partial charge on any atom is -0.481 e. The molecule has 1 atom stereocenters. The van der Waals surface area contributed by atoms with Crippen LogP contribution >= 0.6 is 0 Å². The first-order valence-corrected chi connectivity index (χ1v) is 8.08. The molecule has 0 bridgehead atoms. The van der Waals surface area contributed by atoms with Crippen molar-refractivity contribution in [3.63, 3.8) is 0 Å². The molecule has 4 nitrogen and oxygen atoms in total. The highest BCUT2D eigenvalue weighted by Crippen LogP contribution is 2.28. The second-order valence-electron chi connectivity index (χ2n) is 5.80. The van der Waals surface area contributed by atoms with Gasteiger partial charge in [-0.1, -0.05) is 26.0 Å². The van der Waals surface area contributed by atoms with E-state index in [-0.39, 0.29) is 5.91 Å². The van der Waals surface area contributed by atoms with Gasteiger partial charge in [0.1, 0.15) is 5.75 Å². The Morgan fingerprint density at radius 2 is 2.00 bits per heavy atom. The summed E-state index contributed by atoms with van der Waals surface area (Å²) in [5.41, 5.74) is 2.25. The maximum absolute atomic E-state index is 12.1. The molecule has 0 fully saturated rings. The molecule has 0 aromatic heterocycles. The number of nitrogens with one attached hydrogen (secondary N) is 1. The van der Waals surface area contributed by atoms with Crippen molar-refractivity contribution < 1.29 is 14.3 Å². The average molecular weight is 307 g/mol. The zero-order valence-electron chi connectivity index (χ0n) is 14.4. The number of benzene rings is 1. The van der Waals surface area contributed by atoms with Gasteiger partial charge in [0, 0.05) is 19.8 Å². The smallest absolute Gasteiger partial charge is 0.260 e. The Morgan fingerprint density at radius 3 is 2.64 bits per heavy atom. The number of carbonyl (C=O) groups is 1. The predicted octanol–water partition coefficient (Wildman–Crippen LogP) is 3.43. The Balaban J connectivity index is 2.55. The van der Waals surface area contributed by atoms with Crippen molar-refractivity contribution >= 4 is 5.91 Å². The van der Waals surface area contributed by atoms with Crippen molar-refractivity contribution in [3.05, 3.63) is 29.3 Å². The van der Waals surface area contributed by atoms with Gasteiger partial charge in [0.2, 0.25) is 0 Å². The van der Waals surface area contributed by atoms with Crippen LogP contribution in [0, 0.1) is 6.92 Å². The van der Waals surface area contributed by atoms with Crippen LogP contribution < -0.4 is 10.1 Å². The lowest BCUT2D eigenvalue weighted by Gasteiger charge is -2.19. The van der Waals surface area contributed by atoms with Crippen LogP contribution in [0.1, 0.15) is 51.2 Å². The minimum absolute atomic E-state index is 0.0901. The van der Waals surface area contributed by atoms with Crippen molar-refractivity contribution in [1.82, 2.24) is 5.32 Å². The molecule has 1 aromatic rings. The van der Waals surface area contributed by atoms with Crippen LogP contribution in [0.15, 0.2) is 18.2 Å². The molecular weight excluding hydrogens is 278 g/mol. The summed E-state index contributed by atoms with van der Waals surface area (Å²) in [5, 5.41) is 2.88. The van der Waals surface area contributed by atoms with E-state index in [1.165, 1.54) is 0 Å². The van der Waals surface area contributed by atoms with Crippen LogP contribution in [0.25, 0.3) is 0 Å². The third-order valence-electron chi connectivity index (χ3n) is 3.43. The molecule has 0 heterocycles. The van der Waals surface area contributed by atoms with E-state index in [1.807, 2.05) is 19.9 Å². The summed E-state index contributed by atoms with van der Waals surface area (Å²) in [6.45, 7) is 12.0. The first-order valence-electron chi connectivity index (χ1n) is 8.08. The van der Waals surface area contributed by atoms with Gasteiger partial charge in [-0.25, -0.2) is 0 Å². The van der Waals surface area contributed by atoms with Gasteiger partial charge in [0.25, 0.3) is 5.91 Å². The van der Waals surface area contributed by atoms with E-state index in [9.17, 15) is 4.79 Å². The number of rotatable bonds is 9. The predicted molar refractivity (Wildman–Crippen MR) is 89.5 cm³/mol. The molecule has 0 saturated carbocycles. The highest BCUT2D eigenvalue weighted by Gasteiger charge is 2.17. The van der Waals surface area contributed by atoms with Gasteiger partial charge >= 0.3 is 0 Å². The van der Waals surface area contributed by atoms with Crippen molar-refractivity contribution in [2.24, 2.45) is 0 Å². The Morgan fingerprint density at radius 1 is 1.27 bits per heavy atom. The fraction of sp³-hybridized carbons (Fsp3) is 0.611. The standard InChI is InChI=1S/C18H29NO3/c1-6-21-11-7-10-19-18(20)15(5)22-17-12-14(4)8-9-16(17)13(2)3/h8-9,12-13,15H,6-7,10-11H2,1-5H3,(H,19,20)/t15-/m1/s1. The quantitative estimate of drug-likeness (QED) is 0.711. The molecule has 22 heavy (non-hydrogen) atoms. The topological polar surface area (TPSA) is 47.6 Å². The maximum Gasteiger partial charge on any atom is 0.260 e. The van der Waals surface area contributed by atoms with Crippen LogP contribution in [-0.4, -0.2) is 31.8 Å². The second kappa shape index (κ2) is 9.46. The summed E-state index contributed by atoms with van der Waals surface area (Å²) in [7, 11) is 0. The van der Waals surface area contributed by atoms with Gasteiger partial charge in [-0.3, -0.25) is 4.79 Å². The third kappa shape index (κ3) is 6.06. The molecule has 1 N–H and O–H groups in total. The molecule has 1 amide bonds. The lowest BCUT2D eigenvalue weighted by atomic mass is 10.0. The Bertz CT molecular complexity index is 471. The van der Waals surface area contributed by atoms with E-state index in [4.69, 9.17) is 9.47 Å². The Labute approximate surface area is 134 Å². The van der Waals surface area contributed by atoms with E-state index in [2.05, 4.69) is 31.3 Å². The molecule has 1 rings (SSSR count). The van der Waals surface area contributed by atoms with Crippen LogP contribution in [-0.2, 0) is 9.53 Å². The molecule has 0 aliphatic carbocycles. The van der Waals surface area contributed by atoms with Crippen LogP contribution in [0.2, 0.25) is 0 Å². The van der Waals surface area contributed by atoms with E-state index in [0.717, 1.165) is 23.3 Å². The lowest BCUT2D eigenvalue weighted by molar-refractivity contribution is -0.127. The zero-order chi connectivity index (χ0) is 16.5. The number of hydrogen-bond acceptors (Lipinski definition) is 3. The van der Waals surface area contributed by atoms with Crippen LogP contribution in [0.5, 0.6) is 5.75 Å². The van der Waals surface area contributed by atoms with Crippen molar-refractivity contribution in [2.45, 2.75) is 53.1 Å². The number of carbonyl (C=O) groups excluding carboxylic acids is 1. The van der Waals surface area contributed by atoms with Gasteiger partial charge in [-0.05, 0) is 50.3 Å². The minimum atomic E-state index is -0.508. The highest BCUT2D eigenvalue weighted by atomic mass is 16.5. The molecule has 0 saturated heterocycles. The van der Waals surface area contributed by atoms with Crippen molar-refractivity contribution in [2.75, 3.05) is 19.8 Å². The number of amides is 1. The molecule has 0 aliphatic heterocycles. The van der Waals surface area contributed by atoms with Gasteiger partial charge in [0.15, 0.2) is 6.10 Å². The highest BCUT2D eigenvalue weighted by molar-refractivity contribution is 5.80. The maximum atomic E-state index is 12.1. The van der Waals surface area contributed by atoms with Crippen LogP contribution in [0.3, 0.4) is 0 Å². The molecular formula is C18H29NO3. The fourth-order valence-electron chi connectivity index (χ4n) is 2.14. The number of ether oxygens (including phenoxy) is 2. The lowest BCUT2D eigenvalue weighted by Crippen LogP contribution is -2.37. The SMILES string of the molecule is CCOCCCNC(=O)[C@@H](C)Oc1cc(C)ccc1C(C)C. The summed E-state index contributed by atoms with van der Waals surface area (Å²) >= 11 is 0. The van der Waals surface area contributed by atoms with Gasteiger partial charge < -0.3 is 14.8 Å².